The van der Waals surface area contributed by atoms with Crippen LogP contribution in [0.5, 0.6) is 0 Å². The molecule has 25 heavy (non-hydrogen) atoms. The van der Waals surface area contributed by atoms with Crippen molar-refractivity contribution in [1.29, 1.82) is 0 Å². The molecule has 2 aromatic rings. The first-order valence-electron chi connectivity index (χ1n) is 7.45. The van der Waals surface area contributed by atoms with Crippen molar-refractivity contribution >= 4 is 51.9 Å². The number of anilines is 1. The van der Waals surface area contributed by atoms with Crippen molar-refractivity contribution in [3.8, 4) is 0 Å². The molecule has 2 aromatic heterocycles. The van der Waals surface area contributed by atoms with E-state index in [9.17, 15) is 14.4 Å². The van der Waals surface area contributed by atoms with Gasteiger partial charge in [-0.1, -0.05) is 6.07 Å². The first-order valence-corrected chi connectivity index (χ1v) is 9.15. The Morgan fingerprint density at radius 2 is 2.12 bits per heavy atom. The van der Waals surface area contributed by atoms with Gasteiger partial charge in [0.05, 0.1) is 22.0 Å². The number of hydrogen-bond acceptors (Lipinski definition) is 6. The summed E-state index contributed by atoms with van der Waals surface area (Å²) >= 11 is 2.32. The first kappa shape index (κ1) is 17.4. The maximum absolute atomic E-state index is 12.4. The molecule has 0 unspecified atom stereocenters. The molecule has 0 aliphatic carbocycles. The van der Waals surface area contributed by atoms with Crippen LogP contribution in [-0.2, 0) is 16.6 Å². The van der Waals surface area contributed by atoms with Crippen LogP contribution < -0.4 is 5.32 Å². The number of nitrogens with zero attached hydrogens (tertiary/aromatic N) is 3. The van der Waals surface area contributed by atoms with Crippen LogP contribution in [0.25, 0.3) is 6.08 Å². The van der Waals surface area contributed by atoms with Crippen LogP contribution in [-0.4, -0.2) is 38.3 Å². The second-order valence-corrected chi connectivity index (χ2v) is 7.47. The molecule has 0 saturated carbocycles. The highest BCUT2D eigenvalue weighted by Crippen LogP contribution is 2.32. The minimum absolute atomic E-state index is 0.319. The van der Waals surface area contributed by atoms with Crippen LogP contribution in [0.2, 0.25) is 0 Å². The SMILES string of the molecule is Cc1nn(C)c(C)c1NC(=O)CN1C(=O)S/C(=C\c2cccs2)C1=O. The lowest BCUT2D eigenvalue weighted by atomic mass is 10.3. The molecule has 0 bridgehead atoms. The van der Waals surface area contributed by atoms with E-state index in [0.29, 0.717) is 16.3 Å². The van der Waals surface area contributed by atoms with Crippen molar-refractivity contribution in [1.82, 2.24) is 14.7 Å². The number of amides is 3. The number of thioether (sulfide) groups is 1. The van der Waals surface area contributed by atoms with Crippen LogP contribution >= 0.6 is 23.1 Å². The number of carbonyl (C=O) groups excluding carboxylic acids is 3. The molecule has 0 spiro atoms. The summed E-state index contributed by atoms with van der Waals surface area (Å²) in [5, 5.41) is 8.40. The van der Waals surface area contributed by atoms with E-state index in [1.807, 2.05) is 24.4 Å². The normalized spacial score (nSPS) is 16.1. The Morgan fingerprint density at radius 3 is 2.72 bits per heavy atom. The Bertz CT molecular complexity index is 884. The lowest BCUT2D eigenvalue weighted by Gasteiger charge is -2.12. The Morgan fingerprint density at radius 1 is 1.36 bits per heavy atom. The van der Waals surface area contributed by atoms with Gasteiger partial charge >= 0.3 is 0 Å². The van der Waals surface area contributed by atoms with Gasteiger partial charge in [-0.15, -0.1) is 11.3 Å². The number of aromatic nitrogens is 2. The molecule has 0 atom stereocenters. The molecule has 7 nitrogen and oxygen atoms in total. The van der Waals surface area contributed by atoms with Crippen molar-refractivity contribution in [2.75, 3.05) is 11.9 Å². The summed E-state index contributed by atoms with van der Waals surface area (Å²) in [7, 11) is 1.78. The average molecular weight is 376 g/mol. The van der Waals surface area contributed by atoms with Crippen LogP contribution in [0.1, 0.15) is 16.3 Å². The van der Waals surface area contributed by atoms with Crippen LogP contribution in [0.15, 0.2) is 22.4 Å². The number of hydrogen-bond donors (Lipinski definition) is 1. The standard InChI is InChI=1S/C16H16N4O3S2/c1-9-14(10(2)19(3)18-9)17-13(21)8-20-15(22)12(25-16(20)23)7-11-5-4-6-24-11/h4-7H,8H2,1-3H3,(H,17,21)/b12-7-. The molecule has 1 aliphatic heterocycles. The summed E-state index contributed by atoms with van der Waals surface area (Å²) in [5.41, 5.74) is 2.09. The molecule has 1 saturated heterocycles. The van der Waals surface area contributed by atoms with Crippen LogP contribution in [0.4, 0.5) is 10.5 Å². The van der Waals surface area contributed by atoms with E-state index in [0.717, 1.165) is 27.2 Å². The summed E-state index contributed by atoms with van der Waals surface area (Å²) < 4.78 is 1.66. The Kier molecular flexibility index (Phi) is 4.78. The fourth-order valence-corrected chi connectivity index (χ4v) is 3.98. The van der Waals surface area contributed by atoms with Gasteiger partial charge in [-0.2, -0.15) is 5.10 Å². The third kappa shape index (κ3) is 3.52. The molecule has 9 heteroatoms. The summed E-state index contributed by atoms with van der Waals surface area (Å²) in [4.78, 5) is 38.9. The molecule has 1 fully saturated rings. The topological polar surface area (TPSA) is 84.3 Å². The summed E-state index contributed by atoms with van der Waals surface area (Å²) in [6.45, 7) is 3.30. The maximum Gasteiger partial charge on any atom is 0.294 e. The maximum atomic E-state index is 12.4. The van der Waals surface area contributed by atoms with E-state index >= 15 is 0 Å². The first-order chi connectivity index (χ1) is 11.9. The van der Waals surface area contributed by atoms with Gasteiger partial charge in [0.15, 0.2) is 0 Å². The molecule has 3 heterocycles. The van der Waals surface area contributed by atoms with Gasteiger partial charge in [0, 0.05) is 11.9 Å². The molecular weight excluding hydrogens is 360 g/mol. The van der Waals surface area contributed by atoms with Crippen LogP contribution in [0.3, 0.4) is 0 Å². The van der Waals surface area contributed by atoms with E-state index in [-0.39, 0.29) is 6.54 Å². The smallest absolute Gasteiger partial charge is 0.294 e. The van der Waals surface area contributed by atoms with E-state index in [1.54, 1.807) is 24.7 Å². The Hall–Kier alpha value is -2.39. The highest BCUT2D eigenvalue weighted by atomic mass is 32.2. The van der Waals surface area contributed by atoms with Crippen molar-refractivity contribution in [3.05, 3.63) is 38.7 Å². The molecule has 130 valence electrons. The predicted octanol–water partition coefficient (Wildman–Crippen LogP) is 2.77. The molecule has 1 N–H and O–H groups in total. The van der Waals surface area contributed by atoms with Gasteiger partial charge in [0.25, 0.3) is 11.1 Å². The van der Waals surface area contributed by atoms with Crippen molar-refractivity contribution in [2.24, 2.45) is 7.05 Å². The zero-order valence-electron chi connectivity index (χ0n) is 13.9. The molecule has 3 amide bonds. The zero-order chi connectivity index (χ0) is 18.1. The molecule has 0 aromatic carbocycles. The van der Waals surface area contributed by atoms with Crippen molar-refractivity contribution in [3.63, 3.8) is 0 Å². The summed E-state index contributed by atoms with van der Waals surface area (Å²) in [5.74, 6) is -0.878. The second-order valence-electron chi connectivity index (χ2n) is 5.50. The number of imide groups is 1. The number of rotatable bonds is 4. The van der Waals surface area contributed by atoms with Gasteiger partial charge in [0.1, 0.15) is 6.54 Å². The average Bonchev–Trinajstić information content (AvgIpc) is 3.21. The lowest BCUT2D eigenvalue weighted by Crippen LogP contribution is -2.36. The number of nitrogens with one attached hydrogen (secondary N) is 1. The number of carbonyl (C=O) groups is 3. The van der Waals surface area contributed by atoms with Crippen molar-refractivity contribution in [2.45, 2.75) is 13.8 Å². The molecular formula is C16H16N4O3S2. The largest absolute Gasteiger partial charge is 0.321 e. The second kappa shape index (κ2) is 6.85. The van der Waals surface area contributed by atoms with Crippen LogP contribution in [0, 0.1) is 13.8 Å². The zero-order valence-corrected chi connectivity index (χ0v) is 15.5. The highest BCUT2D eigenvalue weighted by molar-refractivity contribution is 8.18. The van der Waals surface area contributed by atoms with Crippen molar-refractivity contribution < 1.29 is 14.4 Å². The summed E-state index contributed by atoms with van der Waals surface area (Å²) in [6.07, 6.45) is 1.67. The molecule has 0 radical (unpaired) electrons. The van der Waals surface area contributed by atoms with Gasteiger partial charge in [-0.05, 0) is 43.1 Å². The number of aryl methyl sites for hydroxylation is 2. The predicted molar refractivity (Wildman–Crippen MR) is 98.3 cm³/mol. The fourth-order valence-electron chi connectivity index (χ4n) is 2.42. The molecule has 1 aliphatic rings. The Balaban J connectivity index is 1.71. The monoisotopic (exact) mass is 376 g/mol. The number of thiophene rings is 1. The van der Waals surface area contributed by atoms with Gasteiger partial charge in [-0.3, -0.25) is 24.0 Å². The lowest BCUT2D eigenvalue weighted by molar-refractivity contribution is -0.127. The van der Waals surface area contributed by atoms with E-state index in [4.69, 9.17) is 0 Å². The van der Waals surface area contributed by atoms with E-state index in [2.05, 4.69) is 10.4 Å². The Labute approximate surface area is 152 Å². The van der Waals surface area contributed by atoms with Gasteiger partial charge in [-0.25, -0.2) is 0 Å². The summed E-state index contributed by atoms with van der Waals surface area (Å²) in [6, 6.07) is 3.73. The van der Waals surface area contributed by atoms with Gasteiger partial charge < -0.3 is 5.32 Å². The highest BCUT2D eigenvalue weighted by Gasteiger charge is 2.36. The third-order valence-electron chi connectivity index (χ3n) is 3.77. The molecule has 3 rings (SSSR count). The minimum Gasteiger partial charge on any atom is -0.321 e. The van der Waals surface area contributed by atoms with E-state index < -0.39 is 17.1 Å². The quantitative estimate of drug-likeness (QED) is 0.830. The van der Waals surface area contributed by atoms with E-state index in [1.165, 1.54) is 11.3 Å². The van der Waals surface area contributed by atoms with Gasteiger partial charge in [0.2, 0.25) is 5.91 Å². The minimum atomic E-state index is -0.446. The fraction of sp³-hybridized carbons (Fsp3) is 0.250. The third-order valence-corrected chi connectivity index (χ3v) is 5.49.